The highest BCUT2D eigenvalue weighted by atomic mass is 35.5. The maximum Gasteiger partial charge on any atom is 0.248 e. The van der Waals surface area contributed by atoms with Crippen molar-refractivity contribution in [2.45, 2.75) is 38.5 Å². The lowest BCUT2D eigenvalue weighted by Gasteiger charge is -2.34. The highest BCUT2D eigenvalue weighted by Gasteiger charge is 2.20. The molecule has 44 heavy (non-hydrogen) atoms. The Morgan fingerprint density at radius 2 is 1.80 bits per heavy atom. The Balaban J connectivity index is 1.28. The number of ether oxygens (including phenoxy) is 1. The summed E-state index contributed by atoms with van der Waals surface area (Å²) >= 11 is 5.92. The van der Waals surface area contributed by atoms with Crippen LogP contribution in [-0.2, 0) is 14.4 Å². The van der Waals surface area contributed by atoms with Crippen LogP contribution in [0.2, 0.25) is 5.02 Å². The first-order valence-corrected chi connectivity index (χ1v) is 14.9. The van der Waals surface area contributed by atoms with Crippen molar-refractivity contribution in [3.63, 3.8) is 0 Å². The molecule has 1 aliphatic heterocycles. The minimum absolute atomic E-state index is 0.0216. The third-order valence-electron chi connectivity index (χ3n) is 7.32. The fourth-order valence-corrected chi connectivity index (χ4v) is 5.09. The van der Waals surface area contributed by atoms with Gasteiger partial charge in [0, 0.05) is 68.8 Å². The molecule has 234 valence electrons. The summed E-state index contributed by atoms with van der Waals surface area (Å²) < 4.78 is 19.1. The molecule has 3 aromatic rings. The van der Waals surface area contributed by atoms with Gasteiger partial charge in [-0.25, -0.2) is 14.4 Å². The minimum atomic E-state index is -0.525. The molecule has 2 aromatic carbocycles. The summed E-state index contributed by atoms with van der Waals surface area (Å²) in [5, 5.41) is 6.57. The van der Waals surface area contributed by atoms with Crippen LogP contribution in [0.5, 0.6) is 5.75 Å². The van der Waals surface area contributed by atoms with E-state index < -0.39 is 5.82 Å². The van der Waals surface area contributed by atoms with E-state index in [0.29, 0.717) is 66.3 Å². The predicted molar refractivity (Wildman–Crippen MR) is 168 cm³/mol. The number of fused-ring (bicyclic) bond motifs is 1. The number of primary amides is 1. The van der Waals surface area contributed by atoms with Crippen LogP contribution in [0.25, 0.3) is 10.9 Å². The fraction of sp³-hybridized carbons (Fsp3) is 0.387. The number of aromatic nitrogens is 2. The molecule has 0 aliphatic carbocycles. The van der Waals surface area contributed by atoms with E-state index in [0.717, 1.165) is 38.8 Å². The molecular formula is C31H37ClFN7O4. The average Bonchev–Trinajstić information content (AvgIpc) is 3.00. The molecule has 0 bridgehead atoms. The van der Waals surface area contributed by atoms with Crippen molar-refractivity contribution < 1.29 is 23.5 Å². The van der Waals surface area contributed by atoms with Crippen LogP contribution in [-0.4, -0.2) is 77.3 Å². The van der Waals surface area contributed by atoms with Gasteiger partial charge in [-0.3, -0.25) is 19.3 Å². The number of rotatable bonds is 14. The van der Waals surface area contributed by atoms with E-state index in [-0.39, 0.29) is 22.7 Å². The monoisotopic (exact) mass is 625 g/mol. The lowest BCUT2D eigenvalue weighted by Crippen LogP contribution is -2.48. The maximum absolute atomic E-state index is 13.6. The van der Waals surface area contributed by atoms with Crippen LogP contribution in [0.3, 0.4) is 0 Å². The van der Waals surface area contributed by atoms with Crippen molar-refractivity contribution in [3.8, 4) is 5.75 Å². The molecule has 3 amide bonds. The highest BCUT2D eigenvalue weighted by Crippen LogP contribution is 2.33. The second kappa shape index (κ2) is 16.0. The van der Waals surface area contributed by atoms with Gasteiger partial charge in [-0.2, -0.15) is 0 Å². The molecule has 2 heterocycles. The van der Waals surface area contributed by atoms with Gasteiger partial charge in [-0.1, -0.05) is 30.5 Å². The van der Waals surface area contributed by atoms with Gasteiger partial charge < -0.3 is 26.0 Å². The molecule has 4 rings (SSSR count). The van der Waals surface area contributed by atoms with Crippen LogP contribution >= 0.6 is 11.6 Å². The Hall–Kier alpha value is -4.29. The Bertz CT molecular complexity index is 1510. The fourth-order valence-electron chi connectivity index (χ4n) is 4.91. The molecule has 0 radical (unpaired) electrons. The molecule has 4 N–H and O–H groups in total. The Morgan fingerprint density at radius 1 is 1.05 bits per heavy atom. The predicted octanol–water partition coefficient (Wildman–Crippen LogP) is 4.64. The van der Waals surface area contributed by atoms with E-state index >= 15 is 0 Å². The number of piperazine rings is 1. The summed E-state index contributed by atoms with van der Waals surface area (Å²) in [4.78, 5) is 48.8. The van der Waals surface area contributed by atoms with Gasteiger partial charge in [-0.05, 0) is 37.1 Å². The zero-order chi connectivity index (χ0) is 31.5. The number of nitrogens with one attached hydrogen (secondary N) is 2. The molecule has 0 unspecified atom stereocenters. The number of carbonyl (C=O) groups is 3. The quantitative estimate of drug-likeness (QED) is 0.174. The van der Waals surface area contributed by atoms with Crippen molar-refractivity contribution in [3.05, 3.63) is 59.7 Å². The van der Waals surface area contributed by atoms with E-state index in [1.807, 2.05) is 4.90 Å². The topological polar surface area (TPSA) is 143 Å². The zero-order valence-corrected chi connectivity index (χ0v) is 25.4. The van der Waals surface area contributed by atoms with Gasteiger partial charge in [0.2, 0.25) is 17.7 Å². The molecule has 1 aliphatic rings. The number of methoxy groups -OCH3 is 1. The number of anilines is 3. The van der Waals surface area contributed by atoms with E-state index in [4.69, 9.17) is 22.1 Å². The molecule has 1 aromatic heterocycles. The average molecular weight is 626 g/mol. The number of carbonyl (C=O) groups excluding carboxylic acids is 3. The van der Waals surface area contributed by atoms with Gasteiger partial charge in [0.05, 0.1) is 23.3 Å². The minimum Gasteiger partial charge on any atom is -0.494 e. The summed E-state index contributed by atoms with van der Waals surface area (Å²) in [5.74, 6) is -0.103. The van der Waals surface area contributed by atoms with Crippen molar-refractivity contribution in [2.24, 2.45) is 5.73 Å². The number of benzene rings is 2. The van der Waals surface area contributed by atoms with Gasteiger partial charge in [0.15, 0.2) is 0 Å². The summed E-state index contributed by atoms with van der Waals surface area (Å²) in [6.45, 7) is 3.33. The number of hydrogen-bond acceptors (Lipinski definition) is 8. The van der Waals surface area contributed by atoms with E-state index in [1.165, 1.54) is 31.6 Å². The summed E-state index contributed by atoms with van der Waals surface area (Å²) in [6, 6.07) is 7.67. The lowest BCUT2D eigenvalue weighted by molar-refractivity contribution is -0.133. The van der Waals surface area contributed by atoms with Crippen LogP contribution in [0.4, 0.5) is 21.6 Å². The van der Waals surface area contributed by atoms with Crippen molar-refractivity contribution in [1.29, 1.82) is 0 Å². The number of unbranched alkanes of at least 4 members (excludes halogenated alkanes) is 3. The van der Waals surface area contributed by atoms with Gasteiger partial charge in [0.25, 0.3) is 0 Å². The molecule has 1 fully saturated rings. The maximum atomic E-state index is 13.6. The smallest absolute Gasteiger partial charge is 0.248 e. The molecule has 1 saturated heterocycles. The van der Waals surface area contributed by atoms with E-state index in [1.54, 1.807) is 24.3 Å². The second-order valence-electron chi connectivity index (χ2n) is 10.5. The molecule has 0 atom stereocenters. The Kier molecular flexibility index (Phi) is 11.8. The summed E-state index contributed by atoms with van der Waals surface area (Å²) in [5.41, 5.74) is 6.71. The third-order valence-corrected chi connectivity index (χ3v) is 7.61. The third kappa shape index (κ3) is 9.35. The van der Waals surface area contributed by atoms with Gasteiger partial charge in [-0.15, -0.1) is 0 Å². The first-order chi connectivity index (χ1) is 21.2. The zero-order valence-electron chi connectivity index (χ0n) is 24.7. The second-order valence-corrected chi connectivity index (χ2v) is 10.9. The van der Waals surface area contributed by atoms with Crippen LogP contribution in [0.1, 0.15) is 38.5 Å². The number of halogens is 2. The molecule has 11 nitrogen and oxygen atoms in total. The lowest BCUT2D eigenvalue weighted by atomic mass is 10.1. The first kappa shape index (κ1) is 32.6. The normalized spacial score (nSPS) is 13.8. The van der Waals surface area contributed by atoms with Crippen molar-refractivity contribution in [2.75, 3.05) is 50.5 Å². The van der Waals surface area contributed by atoms with E-state index in [9.17, 15) is 18.8 Å². The first-order valence-electron chi connectivity index (χ1n) is 14.5. The van der Waals surface area contributed by atoms with Crippen LogP contribution < -0.4 is 21.1 Å². The summed E-state index contributed by atoms with van der Waals surface area (Å²) in [6.07, 6.45) is 8.96. The Labute approximate surface area is 260 Å². The highest BCUT2D eigenvalue weighted by molar-refractivity contribution is 6.31. The number of nitrogens with zero attached hydrogens (tertiary/aromatic N) is 4. The van der Waals surface area contributed by atoms with Crippen molar-refractivity contribution >= 4 is 57.4 Å². The molecular weight excluding hydrogens is 589 g/mol. The number of hydrogen-bond donors (Lipinski definition) is 3. The van der Waals surface area contributed by atoms with Crippen LogP contribution in [0.15, 0.2) is 48.8 Å². The van der Waals surface area contributed by atoms with E-state index in [2.05, 4.69) is 25.5 Å². The molecule has 0 saturated carbocycles. The van der Waals surface area contributed by atoms with Gasteiger partial charge in [0.1, 0.15) is 23.7 Å². The number of nitrogens with two attached hydrogens (primary N) is 1. The largest absolute Gasteiger partial charge is 0.494 e. The van der Waals surface area contributed by atoms with Crippen molar-refractivity contribution in [1.82, 2.24) is 19.8 Å². The SMILES string of the molecule is COc1cc2ncnc(Nc3ccc(F)c(Cl)c3)c2cc1NC(=O)/C=C/CN1CCN(C(=O)CCCCCCC(N)=O)CC1. The standard InChI is InChI=1S/C31H37ClFN7O4/c1-44-27-19-25-22(31(36-20-35-25)37-21-10-11-24(33)23(32)17-21)18-26(27)38-29(42)8-6-12-39-13-15-40(16-14-39)30(43)9-5-3-2-4-7-28(34)41/h6,8,10-11,17-20H,2-5,7,9,12-16H2,1H3,(H2,34,41)(H,38,42)(H,35,36,37)/b8-6+. The number of amides is 3. The van der Waals surface area contributed by atoms with Gasteiger partial charge >= 0.3 is 0 Å². The molecule has 13 heteroatoms. The Morgan fingerprint density at radius 3 is 2.50 bits per heavy atom. The summed E-state index contributed by atoms with van der Waals surface area (Å²) in [7, 11) is 1.50. The molecule has 0 spiro atoms. The van der Waals surface area contributed by atoms with Crippen LogP contribution in [0, 0.1) is 5.82 Å².